The first-order chi connectivity index (χ1) is 20.8. The number of aliphatic hydroxyl groups excluding tert-OH is 2. The molecule has 3 aromatic carbocycles. The van der Waals surface area contributed by atoms with Gasteiger partial charge in [-0.25, -0.2) is 4.79 Å². The minimum atomic E-state index is -1.30. The van der Waals surface area contributed by atoms with Gasteiger partial charge in [0.15, 0.2) is 0 Å². The zero-order chi connectivity index (χ0) is 30.2. The fourth-order valence-electron chi connectivity index (χ4n) is 5.70. The van der Waals surface area contributed by atoms with Gasteiger partial charge in [0.05, 0.1) is 28.6 Å². The number of nitrogens with one attached hydrogen (secondary N) is 1. The molecule has 0 unspecified atom stereocenters. The molecule has 2 amide bonds. The molecule has 43 heavy (non-hydrogen) atoms. The van der Waals surface area contributed by atoms with Crippen molar-refractivity contribution in [3.63, 3.8) is 0 Å². The highest BCUT2D eigenvalue weighted by molar-refractivity contribution is 6.42. The lowest BCUT2D eigenvalue weighted by Crippen LogP contribution is -2.55. The third-order valence-corrected chi connectivity index (χ3v) is 8.45. The molecule has 1 aliphatic heterocycles. The molecule has 1 aromatic heterocycles. The Morgan fingerprint density at radius 1 is 0.977 bits per heavy atom. The molecule has 6 rings (SSSR count). The normalized spacial score (nSPS) is 20.5. The molecule has 0 saturated carbocycles. The Kier molecular flexibility index (Phi) is 7.98. The molecule has 4 atom stereocenters. The van der Waals surface area contributed by atoms with Gasteiger partial charge in [0.2, 0.25) is 5.91 Å². The van der Waals surface area contributed by atoms with Gasteiger partial charge in [-0.05, 0) is 42.0 Å². The maximum absolute atomic E-state index is 14.3. The van der Waals surface area contributed by atoms with Crippen molar-refractivity contribution in [3.8, 4) is 5.75 Å². The van der Waals surface area contributed by atoms with Crippen LogP contribution in [0.5, 0.6) is 5.75 Å². The van der Waals surface area contributed by atoms with Gasteiger partial charge in [-0.2, -0.15) is 0 Å². The van der Waals surface area contributed by atoms with Crippen molar-refractivity contribution >= 4 is 46.0 Å². The lowest BCUT2D eigenvalue weighted by molar-refractivity contribution is -0.118. The first-order valence-corrected chi connectivity index (χ1v) is 14.3. The number of rotatable bonds is 7. The van der Waals surface area contributed by atoms with Gasteiger partial charge in [0, 0.05) is 29.6 Å². The Balaban J connectivity index is 1.48. The maximum Gasteiger partial charge on any atom is 0.349 e. The summed E-state index contributed by atoms with van der Waals surface area (Å²) in [4.78, 5) is 42.1. The fourth-order valence-corrected chi connectivity index (χ4v) is 6.02. The monoisotopic (exact) mass is 620 g/mol. The maximum atomic E-state index is 14.3. The zero-order valence-electron chi connectivity index (χ0n) is 22.6. The third-order valence-electron chi connectivity index (χ3n) is 7.71. The highest BCUT2D eigenvalue weighted by Crippen LogP contribution is 2.47. The molecule has 2 aliphatic rings. The van der Waals surface area contributed by atoms with Crippen LogP contribution in [-0.4, -0.2) is 58.3 Å². The molecule has 220 valence electrons. The Labute approximate surface area is 255 Å². The van der Waals surface area contributed by atoms with E-state index in [-0.39, 0.29) is 35.9 Å². The molecule has 0 bridgehead atoms. The van der Waals surface area contributed by atoms with E-state index >= 15 is 0 Å². The van der Waals surface area contributed by atoms with Crippen LogP contribution in [-0.2, 0) is 11.3 Å². The summed E-state index contributed by atoms with van der Waals surface area (Å²) in [5, 5.41) is 24.9. The average Bonchev–Trinajstić information content (AvgIpc) is 3.40. The summed E-state index contributed by atoms with van der Waals surface area (Å²) >= 11 is 12.4. The molecule has 0 fully saturated rings. The minimum absolute atomic E-state index is 0.00728. The number of para-hydroxylation sites is 2. The molecule has 0 saturated heterocycles. The van der Waals surface area contributed by atoms with E-state index in [1.54, 1.807) is 54.6 Å². The Bertz CT molecular complexity index is 1820. The van der Waals surface area contributed by atoms with Crippen molar-refractivity contribution < 1.29 is 29.0 Å². The topological polar surface area (TPSA) is 129 Å². The lowest BCUT2D eigenvalue weighted by atomic mass is 9.77. The van der Waals surface area contributed by atoms with E-state index in [2.05, 4.69) is 5.32 Å². The number of aliphatic hydroxyl groups is 2. The number of nitrogens with zero attached hydrogens (tertiary/aromatic N) is 1. The Hall–Kier alpha value is -4.15. The molecule has 1 aliphatic carbocycles. The smallest absolute Gasteiger partial charge is 0.349 e. The molecular formula is C32H26Cl2N2O7. The van der Waals surface area contributed by atoms with Crippen LogP contribution in [0.4, 0.5) is 0 Å². The molecule has 3 N–H and O–H groups in total. The largest absolute Gasteiger partial charge is 0.486 e. The van der Waals surface area contributed by atoms with Crippen LogP contribution < -0.4 is 15.7 Å². The van der Waals surface area contributed by atoms with E-state index in [0.717, 1.165) is 0 Å². The standard InChI is InChI=1S/C32H26Cl2N2O7/c33-22-10-9-17(13-23(22)34)16-36(31(40)21-14-18-5-1-3-7-25(18)43-32(21)41)24-15-20(30(39)35-11-12-37)27-19-6-2-4-8-26(19)42-29(27)28(24)38/h1-10,13-15,24,27-29,37-38H,11-12,16H2,(H,35,39)/t24-,27+,28+,29+/m1/s1. The zero-order valence-corrected chi connectivity index (χ0v) is 24.1. The van der Waals surface area contributed by atoms with Crippen molar-refractivity contribution in [3.05, 3.63) is 122 Å². The van der Waals surface area contributed by atoms with Gasteiger partial charge in [-0.15, -0.1) is 0 Å². The molecule has 2 heterocycles. The van der Waals surface area contributed by atoms with E-state index in [1.807, 2.05) is 12.1 Å². The first-order valence-electron chi connectivity index (χ1n) is 13.6. The van der Waals surface area contributed by atoms with Gasteiger partial charge >= 0.3 is 5.63 Å². The van der Waals surface area contributed by atoms with Crippen molar-refractivity contribution in [2.75, 3.05) is 13.2 Å². The second kappa shape index (κ2) is 11.9. The van der Waals surface area contributed by atoms with Crippen molar-refractivity contribution in [1.82, 2.24) is 10.2 Å². The molecule has 0 spiro atoms. The second-order valence-corrected chi connectivity index (χ2v) is 11.2. The molecular weight excluding hydrogens is 595 g/mol. The molecule has 9 nitrogen and oxygen atoms in total. The van der Waals surface area contributed by atoms with Crippen molar-refractivity contribution in [2.24, 2.45) is 0 Å². The molecule has 0 radical (unpaired) electrons. The predicted octanol–water partition coefficient (Wildman–Crippen LogP) is 4.07. The van der Waals surface area contributed by atoms with Crippen LogP contribution >= 0.6 is 23.2 Å². The minimum Gasteiger partial charge on any atom is -0.486 e. The number of ether oxygens (including phenoxy) is 1. The van der Waals surface area contributed by atoms with E-state index in [1.165, 1.54) is 17.0 Å². The third kappa shape index (κ3) is 5.41. The van der Waals surface area contributed by atoms with E-state index in [9.17, 15) is 24.6 Å². The van der Waals surface area contributed by atoms with Crippen LogP contribution in [0.3, 0.4) is 0 Å². The van der Waals surface area contributed by atoms with Crippen LogP contribution in [0.25, 0.3) is 11.0 Å². The SMILES string of the molecule is O=C(NCCO)C1=C[C@@H](N(Cc2ccc(Cl)c(Cl)c2)C(=O)c2cc3ccccc3oc2=O)[C@H](O)[C@H]2Oc3ccccc3[C@@H]12. The number of carbonyl (C=O) groups is 2. The number of fused-ring (bicyclic) bond motifs is 4. The highest BCUT2D eigenvalue weighted by Gasteiger charge is 2.50. The molecule has 11 heteroatoms. The second-order valence-electron chi connectivity index (χ2n) is 10.3. The number of amides is 2. The summed E-state index contributed by atoms with van der Waals surface area (Å²) in [5.74, 6) is -1.33. The quantitative estimate of drug-likeness (QED) is 0.266. The van der Waals surface area contributed by atoms with Gasteiger partial charge in [-0.1, -0.05) is 65.7 Å². The highest BCUT2D eigenvalue weighted by atomic mass is 35.5. The van der Waals surface area contributed by atoms with Crippen LogP contribution in [0, 0.1) is 0 Å². The van der Waals surface area contributed by atoms with E-state index in [4.69, 9.17) is 32.4 Å². The first kappa shape index (κ1) is 28.9. The number of hydrogen-bond donors (Lipinski definition) is 3. The van der Waals surface area contributed by atoms with Crippen LogP contribution in [0.2, 0.25) is 10.0 Å². The Morgan fingerprint density at radius 3 is 2.53 bits per heavy atom. The predicted molar refractivity (Wildman–Crippen MR) is 160 cm³/mol. The number of benzene rings is 3. The lowest BCUT2D eigenvalue weighted by Gasteiger charge is -2.40. The summed E-state index contributed by atoms with van der Waals surface area (Å²) in [5.41, 5.74) is 0.769. The summed E-state index contributed by atoms with van der Waals surface area (Å²) < 4.78 is 11.6. The summed E-state index contributed by atoms with van der Waals surface area (Å²) in [7, 11) is 0. The number of hydrogen-bond acceptors (Lipinski definition) is 7. The summed E-state index contributed by atoms with van der Waals surface area (Å²) in [6.07, 6.45) is -0.687. The van der Waals surface area contributed by atoms with Crippen LogP contribution in [0.1, 0.15) is 27.4 Å². The summed E-state index contributed by atoms with van der Waals surface area (Å²) in [6.45, 7) is -0.366. The van der Waals surface area contributed by atoms with Gasteiger partial charge in [0.25, 0.3) is 5.91 Å². The average molecular weight is 621 g/mol. The van der Waals surface area contributed by atoms with E-state index in [0.29, 0.717) is 32.9 Å². The van der Waals surface area contributed by atoms with Crippen LogP contribution in [0.15, 0.2) is 93.7 Å². The van der Waals surface area contributed by atoms with Gasteiger partial charge in [0.1, 0.15) is 29.1 Å². The van der Waals surface area contributed by atoms with Crippen molar-refractivity contribution in [1.29, 1.82) is 0 Å². The fraction of sp³-hybridized carbons (Fsp3) is 0.219. The van der Waals surface area contributed by atoms with Crippen molar-refractivity contribution in [2.45, 2.75) is 30.7 Å². The van der Waals surface area contributed by atoms with Gasteiger partial charge < -0.3 is 29.6 Å². The van der Waals surface area contributed by atoms with E-state index < -0.39 is 41.6 Å². The number of halogens is 2. The molecule has 4 aromatic rings. The Morgan fingerprint density at radius 2 is 1.74 bits per heavy atom. The number of carbonyl (C=O) groups excluding carboxylic acids is 2. The summed E-state index contributed by atoms with van der Waals surface area (Å²) in [6, 6.07) is 19.2. The van der Waals surface area contributed by atoms with Gasteiger partial charge in [-0.3, -0.25) is 9.59 Å².